The Balaban J connectivity index is 0.00000645. The van der Waals surface area contributed by atoms with Crippen LogP contribution in [-0.4, -0.2) is 19.1 Å². The Morgan fingerprint density at radius 3 is 1.53 bits per heavy atom. The summed E-state index contributed by atoms with van der Waals surface area (Å²) in [5, 5.41) is 2.04. The Morgan fingerprint density at radius 1 is 0.446 bits per heavy atom. The van der Waals surface area contributed by atoms with Gasteiger partial charge in [-0.15, -0.1) is 29.7 Å². The number of para-hydroxylation sites is 3. The molecular formula is C76H55N5OPt-2. The molecule has 14 rings (SSSR count). The molecule has 0 unspecified atom stereocenters. The van der Waals surface area contributed by atoms with E-state index in [1.807, 2.05) is 37.5 Å². The molecule has 0 amide bonds. The van der Waals surface area contributed by atoms with Gasteiger partial charge in [-0.05, 0) is 150 Å². The summed E-state index contributed by atoms with van der Waals surface area (Å²) in [5.74, 6) is 1.91. The molecule has 0 saturated heterocycles. The number of benzene rings is 10. The van der Waals surface area contributed by atoms with Gasteiger partial charge in [-0.3, -0.25) is 9.55 Å². The van der Waals surface area contributed by atoms with Crippen LogP contribution < -0.4 is 9.30 Å². The van der Waals surface area contributed by atoms with Crippen LogP contribution in [0.1, 0.15) is 32.0 Å². The van der Waals surface area contributed by atoms with Gasteiger partial charge in [-0.25, -0.2) is 4.98 Å². The fourth-order valence-corrected chi connectivity index (χ4v) is 11.4. The molecule has 402 valence electrons. The van der Waals surface area contributed by atoms with E-state index in [0.717, 1.165) is 122 Å². The molecule has 0 atom stereocenters. The number of fused-ring (bicyclic) bond motifs is 4. The monoisotopic (exact) mass is 1250 g/mol. The molecule has 4 heterocycles. The molecule has 0 aliphatic carbocycles. The summed E-state index contributed by atoms with van der Waals surface area (Å²) in [5.41, 5.74) is 21.0. The van der Waals surface area contributed by atoms with Crippen molar-refractivity contribution in [1.29, 1.82) is 0 Å². The normalized spacial score (nSPS) is 11.5. The first kappa shape index (κ1) is 52.6. The maximum atomic E-state index is 6.79. The summed E-state index contributed by atoms with van der Waals surface area (Å²) in [6, 6.07) is 95.6. The second-order valence-electron chi connectivity index (χ2n) is 21.9. The number of pyridine rings is 2. The van der Waals surface area contributed by atoms with Gasteiger partial charge < -0.3 is 13.9 Å². The topological polar surface area (TPSA) is 48.8 Å². The van der Waals surface area contributed by atoms with E-state index in [1.54, 1.807) is 0 Å². The molecule has 10 aromatic carbocycles. The maximum Gasteiger partial charge on any atom is 0.268 e. The Kier molecular flexibility index (Phi) is 13.9. The SMILES string of the molecule is Cc1cc2c(cn1)c1ccc(Oc3[c-]c(-n4[c-][n+](-c5c(-c6cc(-c7ccccc7)cc(-c7ccccc7)c6)cccc5-c5cc(-c6ccccc6)cc(-c6ccccc6)c5)c5ccccc54)ccc3)[c-]c1n2-c1cc(C(C)(C)C)ccn1.[Pt]. The van der Waals surface area contributed by atoms with Crippen molar-refractivity contribution in [2.75, 3.05) is 0 Å². The summed E-state index contributed by atoms with van der Waals surface area (Å²) in [6.45, 7) is 8.69. The van der Waals surface area contributed by atoms with E-state index in [0.29, 0.717) is 11.5 Å². The number of aromatic nitrogens is 5. The van der Waals surface area contributed by atoms with E-state index in [1.165, 1.54) is 5.56 Å². The fourth-order valence-electron chi connectivity index (χ4n) is 11.4. The molecular weight excluding hydrogens is 1190 g/mol. The Hall–Kier alpha value is -9.74. The number of nitrogens with zero attached hydrogens (tertiary/aromatic N) is 5. The van der Waals surface area contributed by atoms with Crippen molar-refractivity contribution in [3.05, 3.63) is 291 Å². The summed E-state index contributed by atoms with van der Waals surface area (Å²) < 4.78 is 13.3. The van der Waals surface area contributed by atoms with Crippen LogP contribution in [0, 0.1) is 25.4 Å². The first-order chi connectivity index (χ1) is 40.2. The molecule has 0 aliphatic rings. The van der Waals surface area contributed by atoms with E-state index in [9.17, 15) is 0 Å². The molecule has 0 saturated carbocycles. The van der Waals surface area contributed by atoms with E-state index < -0.39 is 0 Å². The number of rotatable bonds is 11. The van der Waals surface area contributed by atoms with Gasteiger partial charge in [0.1, 0.15) is 5.82 Å². The molecule has 0 spiro atoms. The zero-order valence-electron chi connectivity index (χ0n) is 46.3. The van der Waals surface area contributed by atoms with Crippen LogP contribution in [0.5, 0.6) is 11.5 Å². The zero-order chi connectivity index (χ0) is 55.3. The predicted molar refractivity (Wildman–Crippen MR) is 334 cm³/mol. The van der Waals surface area contributed by atoms with Gasteiger partial charge in [0.05, 0.1) is 16.7 Å². The molecule has 0 radical (unpaired) electrons. The van der Waals surface area contributed by atoms with Crippen molar-refractivity contribution < 1.29 is 30.4 Å². The van der Waals surface area contributed by atoms with Crippen molar-refractivity contribution in [3.8, 4) is 95.5 Å². The summed E-state index contributed by atoms with van der Waals surface area (Å²) in [6.07, 6.45) is 7.76. The van der Waals surface area contributed by atoms with Crippen LogP contribution in [-0.2, 0) is 26.5 Å². The van der Waals surface area contributed by atoms with Crippen molar-refractivity contribution >= 4 is 32.8 Å². The Bertz CT molecular complexity index is 4440. The van der Waals surface area contributed by atoms with Gasteiger partial charge in [0, 0.05) is 56.2 Å². The zero-order valence-corrected chi connectivity index (χ0v) is 48.6. The Labute approximate surface area is 498 Å². The number of hydrogen-bond donors (Lipinski definition) is 0. The minimum atomic E-state index is -0.0671. The van der Waals surface area contributed by atoms with Gasteiger partial charge in [-0.1, -0.05) is 190 Å². The van der Waals surface area contributed by atoms with Crippen LogP contribution in [0.3, 0.4) is 0 Å². The first-order valence-electron chi connectivity index (χ1n) is 27.8. The van der Waals surface area contributed by atoms with Crippen LogP contribution in [0.2, 0.25) is 0 Å². The third-order valence-corrected chi connectivity index (χ3v) is 15.5. The maximum absolute atomic E-state index is 6.79. The average Bonchev–Trinajstić information content (AvgIpc) is 3.41. The number of aryl methyl sites for hydroxylation is 1. The number of hydrogen-bond acceptors (Lipinski definition) is 3. The third-order valence-electron chi connectivity index (χ3n) is 15.5. The second-order valence-corrected chi connectivity index (χ2v) is 21.9. The van der Waals surface area contributed by atoms with E-state index in [-0.39, 0.29) is 26.5 Å². The smallest absolute Gasteiger partial charge is 0.268 e. The largest absolute Gasteiger partial charge is 0.510 e. The minimum Gasteiger partial charge on any atom is -0.510 e. The summed E-state index contributed by atoms with van der Waals surface area (Å²) in [7, 11) is 0. The van der Waals surface area contributed by atoms with Crippen molar-refractivity contribution in [1.82, 2.24) is 19.1 Å². The number of ether oxygens (including phenoxy) is 1. The van der Waals surface area contributed by atoms with E-state index in [2.05, 4.69) is 283 Å². The number of imidazole rings is 1. The van der Waals surface area contributed by atoms with Crippen LogP contribution in [0.15, 0.2) is 261 Å². The molecule has 0 fully saturated rings. The predicted octanol–water partition coefficient (Wildman–Crippen LogP) is 18.6. The van der Waals surface area contributed by atoms with Gasteiger partial charge in [0.2, 0.25) is 0 Å². The van der Waals surface area contributed by atoms with Gasteiger partial charge in [0.25, 0.3) is 6.33 Å². The standard InChI is InChI=1S/C76H55N5O.Pt/c1-51-39-72-69(49-78-51)68-36-35-65(48-73(68)81(72)74-46-62(37-38-77-74)76(2,3)4)82-64-30-19-29-63(47-64)79-50-80(71-34-18-17-33-70(71)79)75-66(60-42-56(52-21-9-5-10-22-52)40-57(43-60)53-23-11-6-12-24-53)31-20-32-67(75)61-44-58(54-25-13-7-14-26-54)41-59(45-61)55-27-15-8-16-28-55;/h5-46,49H,1-4H3;/q-2;. The quantitative estimate of drug-likeness (QED) is 0.0958. The first-order valence-corrected chi connectivity index (χ1v) is 27.8. The van der Waals surface area contributed by atoms with E-state index >= 15 is 0 Å². The average molecular weight is 1250 g/mol. The summed E-state index contributed by atoms with van der Waals surface area (Å²) in [4.78, 5) is 9.61. The molecule has 4 aromatic heterocycles. The second kappa shape index (κ2) is 22.0. The molecule has 7 heteroatoms. The minimum absolute atomic E-state index is 0. The molecule has 83 heavy (non-hydrogen) atoms. The molecule has 6 nitrogen and oxygen atoms in total. The third kappa shape index (κ3) is 10.2. The molecule has 14 aromatic rings. The fraction of sp³-hybridized carbons (Fsp3) is 0.0658. The van der Waals surface area contributed by atoms with Crippen molar-refractivity contribution in [3.63, 3.8) is 0 Å². The van der Waals surface area contributed by atoms with E-state index in [4.69, 9.17) is 14.7 Å². The van der Waals surface area contributed by atoms with Gasteiger partial charge in [-0.2, -0.15) is 18.2 Å². The summed E-state index contributed by atoms with van der Waals surface area (Å²) >= 11 is 0. The van der Waals surface area contributed by atoms with Crippen LogP contribution in [0.4, 0.5) is 0 Å². The van der Waals surface area contributed by atoms with Crippen LogP contribution in [0.25, 0.3) is 117 Å². The molecule has 0 aliphatic heterocycles. The molecule has 0 N–H and O–H groups in total. The van der Waals surface area contributed by atoms with Gasteiger partial charge in [0.15, 0.2) is 0 Å². The van der Waals surface area contributed by atoms with Crippen molar-refractivity contribution in [2.45, 2.75) is 33.1 Å². The van der Waals surface area contributed by atoms with Crippen molar-refractivity contribution in [2.24, 2.45) is 0 Å². The van der Waals surface area contributed by atoms with Gasteiger partial charge >= 0.3 is 0 Å². The Morgan fingerprint density at radius 2 is 0.964 bits per heavy atom. The van der Waals surface area contributed by atoms with Crippen LogP contribution >= 0.6 is 0 Å². The molecule has 0 bridgehead atoms.